The zero-order valence-electron chi connectivity index (χ0n) is 6.63. The lowest BCUT2D eigenvalue weighted by molar-refractivity contribution is 1.03. The molecule has 5 heteroatoms. The number of aromatic nitrogens is 4. The van der Waals surface area contributed by atoms with E-state index < -0.39 is 0 Å². The molecule has 4 N–H and O–H groups in total. The number of aromatic amines is 2. The molecule has 0 aromatic carbocycles. The number of aryl methyl sites for hydroxylation is 1. The van der Waals surface area contributed by atoms with Crippen LogP contribution in [0.1, 0.15) is 5.69 Å². The molecule has 0 spiro atoms. The standard InChI is InChI=1S/C7H9N5/c1-4-2-6(11-10-4)7-5(8)3-9-12-7/h2-3H,8H2,1H3,(H,9,12)(H,10,11). The first kappa shape index (κ1) is 6.90. The van der Waals surface area contributed by atoms with Gasteiger partial charge in [0, 0.05) is 5.69 Å². The Kier molecular flexibility index (Phi) is 1.36. The van der Waals surface area contributed by atoms with E-state index in [1.807, 2.05) is 13.0 Å². The summed E-state index contributed by atoms with van der Waals surface area (Å²) in [5.74, 6) is 0. The van der Waals surface area contributed by atoms with Gasteiger partial charge in [-0.05, 0) is 13.0 Å². The molecule has 5 nitrogen and oxygen atoms in total. The van der Waals surface area contributed by atoms with Crippen molar-refractivity contribution in [2.45, 2.75) is 6.92 Å². The third kappa shape index (κ3) is 0.952. The van der Waals surface area contributed by atoms with Crippen LogP contribution in [-0.4, -0.2) is 20.4 Å². The van der Waals surface area contributed by atoms with Crippen molar-refractivity contribution in [2.24, 2.45) is 0 Å². The fourth-order valence-electron chi connectivity index (χ4n) is 1.05. The topological polar surface area (TPSA) is 83.4 Å². The predicted molar refractivity (Wildman–Crippen MR) is 45.3 cm³/mol. The van der Waals surface area contributed by atoms with Gasteiger partial charge >= 0.3 is 0 Å². The van der Waals surface area contributed by atoms with E-state index in [4.69, 9.17) is 5.73 Å². The Morgan fingerprint density at radius 2 is 2.25 bits per heavy atom. The molecule has 0 aliphatic heterocycles. The van der Waals surface area contributed by atoms with E-state index in [-0.39, 0.29) is 0 Å². The fourth-order valence-corrected chi connectivity index (χ4v) is 1.05. The van der Waals surface area contributed by atoms with E-state index >= 15 is 0 Å². The maximum Gasteiger partial charge on any atom is 0.112 e. The smallest absolute Gasteiger partial charge is 0.112 e. The third-order valence-electron chi connectivity index (χ3n) is 1.63. The van der Waals surface area contributed by atoms with E-state index in [1.54, 1.807) is 6.20 Å². The fraction of sp³-hybridized carbons (Fsp3) is 0.143. The zero-order valence-corrected chi connectivity index (χ0v) is 6.63. The summed E-state index contributed by atoms with van der Waals surface area (Å²) in [6.07, 6.45) is 1.57. The highest BCUT2D eigenvalue weighted by Crippen LogP contribution is 2.20. The lowest BCUT2D eigenvalue weighted by Crippen LogP contribution is -1.86. The number of anilines is 1. The van der Waals surface area contributed by atoms with Crippen LogP contribution in [0.2, 0.25) is 0 Å². The summed E-state index contributed by atoms with van der Waals surface area (Å²) < 4.78 is 0. The van der Waals surface area contributed by atoms with Crippen LogP contribution in [0, 0.1) is 6.92 Å². The highest BCUT2D eigenvalue weighted by molar-refractivity contribution is 5.68. The monoisotopic (exact) mass is 163 g/mol. The summed E-state index contributed by atoms with van der Waals surface area (Å²) in [6.45, 7) is 1.93. The van der Waals surface area contributed by atoms with E-state index in [9.17, 15) is 0 Å². The minimum absolute atomic E-state index is 0.612. The molecule has 0 fully saturated rings. The molecule has 2 heterocycles. The Morgan fingerprint density at radius 3 is 2.75 bits per heavy atom. The van der Waals surface area contributed by atoms with Gasteiger partial charge in [0.25, 0.3) is 0 Å². The molecular weight excluding hydrogens is 154 g/mol. The molecule has 0 aliphatic rings. The molecule has 2 aromatic heterocycles. The summed E-state index contributed by atoms with van der Waals surface area (Å²) in [5, 5.41) is 13.5. The van der Waals surface area contributed by atoms with Gasteiger partial charge in [0.15, 0.2) is 0 Å². The molecule has 0 aliphatic carbocycles. The van der Waals surface area contributed by atoms with Gasteiger partial charge in [0.2, 0.25) is 0 Å². The number of hydrogen-bond donors (Lipinski definition) is 3. The SMILES string of the molecule is Cc1cc(-c2[nH]ncc2N)n[nH]1. The molecule has 0 bridgehead atoms. The lowest BCUT2D eigenvalue weighted by Gasteiger charge is -1.89. The second-order valence-corrected chi connectivity index (χ2v) is 2.64. The molecule has 12 heavy (non-hydrogen) atoms. The molecule has 0 radical (unpaired) electrons. The maximum absolute atomic E-state index is 5.63. The second kappa shape index (κ2) is 2.37. The van der Waals surface area contributed by atoms with E-state index in [0.29, 0.717) is 5.69 Å². The molecule has 0 amide bonds. The number of nitrogens with two attached hydrogens (primary N) is 1. The number of nitrogens with zero attached hydrogens (tertiary/aromatic N) is 2. The van der Waals surface area contributed by atoms with Crippen molar-refractivity contribution in [3.63, 3.8) is 0 Å². The van der Waals surface area contributed by atoms with Gasteiger partial charge in [-0.25, -0.2) is 0 Å². The van der Waals surface area contributed by atoms with Crippen molar-refractivity contribution in [3.8, 4) is 11.4 Å². The van der Waals surface area contributed by atoms with Crippen molar-refractivity contribution in [2.75, 3.05) is 5.73 Å². The Labute approximate surface area is 69.0 Å². The molecule has 0 atom stereocenters. The van der Waals surface area contributed by atoms with E-state index in [2.05, 4.69) is 20.4 Å². The van der Waals surface area contributed by atoms with Gasteiger partial charge in [-0.15, -0.1) is 0 Å². The first-order valence-corrected chi connectivity index (χ1v) is 3.58. The summed E-state index contributed by atoms with van der Waals surface area (Å²) in [7, 11) is 0. The van der Waals surface area contributed by atoms with Crippen LogP contribution in [0.4, 0.5) is 5.69 Å². The van der Waals surface area contributed by atoms with Crippen LogP contribution in [0.3, 0.4) is 0 Å². The third-order valence-corrected chi connectivity index (χ3v) is 1.63. The van der Waals surface area contributed by atoms with Gasteiger partial charge in [-0.2, -0.15) is 10.2 Å². The normalized spacial score (nSPS) is 10.4. The molecule has 62 valence electrons. The van der Waals surface area contributed by atoms with E-state index in [0.717, 1.165) is 17.1 Å². The van der Waals surface area contributed by atoms with Gasteiger partial charge in [-0.3, -0.25) is 10.2 Å². The minimum Gasteiger partial charge on any atom is -0.396 e. The van der Waals surface area contributed by atoms with E-state index in [1.165, 1.54) is 0 Å². The number of H-pyrrole nitrogens is 2. The zero-order chi connectivity index (χ0) is 8.55. The summed E-state index contributed by atoms with van der Waals surface area (Å²) >= 11 is 0. The van der Waals surface area contributed by atoms with Gasteiger partial charge in [0.05, 0.1) is 11.9 Å². The predicted octanol–water partition coefficient (Wildman–Crippen LogP) is 0.690. The largest absolute Gasteiger partial charge is 0.396 e. The van der Waals surface area contributed by atoms with Crippen LogP contribution in [0.25, 0.3) is 11.4 Å². The molecule has 0 saturated heterocycles. The quantitative estimate of drug-likeness (QED) is 0.578. The lowest BCUT2D eigenvalue weighted by atomic mass is 10.3. The van der Waals surface area contributed by atoms with Crippen LogP contribution in [-0.2, 0) is 0 Å². The van der Waals surface area contributed by atoms with Crippen LogP contribution in [0.5, 0.6) is 0 Å². The second-order valence-electron chi connectivity index (χ2n) is 2.64. The first-order chi connectivity index (χ1) is 5.77. The van der Waals surface area contributed by atoms with Crippen molar-refractivity contribution in [1.82, 2.24) is 20.4 Å². The minimum atomic E-state index is 0.612. The average molecular weight is 163 g/mol. The Hall–Kier alpha value is -1.78. The number of nitrogens with one attached hydrogen (secondary N) is 2. The molecule has 2 rings (SSSR count). The summed E-state index contributed by atoms with van der Waals surface area (Å²) in [5.41, 5.74) is 8.80. The number of rotatable bonds is 1. The number of nitrogen functional groups attached to an aromatic ring is 1. The van der Waals surface area contributed by atoms with Crippen molar-refractivity contribution in [1.29, 1.82) is 0 Å². The Balaban J connectivity index is 2.50. The summed E-state index contributed by atoms with van der Waals surface area (Å²) in [4.78, 5) is 0. The van der Waals surface area contributed by atoms with Crippen LogP contribution < -0.4 is 5.73 Å². The van der Waals surface area contributed by atoms with Crippen molar-refractivity contribution < 1.29 is 0 Å². The summed E-state index contributed by atoms with van der Waals surface area (Å²) in [6, 6.07) is 1.91. The molecule has 0 unspecified atom stereocenters. The van der Waals surface area contributed by atoms with Crippen molar-refractivity contribution in [3.05, 3.63) is 18.0 Å². The average Bonchev–Trinajstić information content (AvgIpc) is 2.58. The van der Waals surface area contributed by atoms with Gasteiger partial charge in [0.1, 0.15) is 11.4 Å². The Bertz CT molecular complexity index is 386. The maximum atomic E-state index is 5.63. The van der Waals surface area contributed by atoms with Gasteiger partial charge in [-0.1, -0.05) is 0 Å². The highest BCUT2D eigenvalue weighted by atomic mass is 15.2. The van der Waals surface area contributed by atoms with Gasteiger partial charge < -0.3 is 5.73 Å². The molecular formula is C7H9N5. The molecule has 0 saturated carbocycles. The Morgan fingerprint density at radius 1 is 1.42 bits per heavy atom. The molecule has 2 aromatic rings. The highest BCUT2D eigenvalue weighted by Gasteiger charge is 2.06. The van der Waals surface area contributed by atoms with Crippen LogP contribution >= 0.6 is 0 Å². The first-order valence-electron chi connectivity index (χ1n) is 3.58. The van der Waals surface area contributed by atoms with Crippen LogP contribution in [0.15, 0.2) is 12.3 Å². The van der Waals surface area contributed by atoms with Crippen molar-refractivity contribution >= 4 is 5.69 Å². The number of hydrogen-bond acceptors (Lipinski definition) is 3.